The molecule has 2 aliphatic carbocycles. The lowest BCUT2D eigenvalue weighted by atomic mass is 9.81. The highest BCUT2D eigenvalue weighted by Gasteiger charge is 2.27. The molecule has 0 heterocycles. The van der Waals surface area contributed by atoms with Gasteiger partial charge in [-0.15, -0.1) is 0 Å². The van der Waals surface area contributed by atoms with E-state index in [0.29, 0.717) is 0 Å². The molecule has 0 aliphatic heterocycles. The summed E-state index contributed by atoms with van der Waals surface area (Å²) >= 11 is 0. The van der Waals surface area contributed by atoms with Crippen molar-refractivity contribution in [2.75, 3.05) is 0 Å². The summed E-state index contributed by atoms with van der Waals surface area (Å²) in [6.07, 6.45) is 9.03. The number of rotatable bonds is 0. The molecular formula is C18H12O. The standard InChI is InChI=1S/C18H12O/c19-18-15-9-3-1-2-8-13(15)14-10-4-6-12-7-5-11-16(18)17(12)14/h1-2,4-11H,3H2. The first-order chi connectivity index (χ1) is 9.36. The molecule has 0 bridgehead atoms. The van der Waals surface area contributed by atoms with Crippen molar-refractivity contribution in [1.82, 2.24) is 0 Å². The van der Waals surface area contributed by atoms with Gasteiger partial charge in [-0.25, -0.2) is 0 Å². The zero-order valence-electron chi connectivity index (χ0n) is 10.4. The Labute approximate surface area is 111 Å². The third-order valence-electron chi connectivity index (χ3n) is 3.83. The molecule has 0 aromatic heterocycles. The Bertz CT molecular complexity index is 798. The SMILES string of the molecule is O=C1C2=CCC=CC=C2c2cccc3cccc1c23. The molecule has 2 aromatic carbocycles. The quantitative estimate of drug-likeness (QED) is 0.675. The molecule has 2 aromatic rings. The molecule has 19 heavy (non-hydrogen) atoms. The predicted molar refractivity (Wildman–Crippen MR) is 78.1 cm³/mol. The van der Waals surface area contributed by atoms with Crippen LogP contribution in [0.5, 0.6) is 0 Å². The van der Waals surface area contributed by atoms with Crippen LogP contribution in [0, 0.1) is 0 Å². The Morgan fingerprint density at radius 1 is 0.895 bits per heavy atom. The van der Waals surface area contributed by atoms with Crippen molar-refractivity contribution in [1.29, 1.82) is 0 Å². The molecule has 1 heteroatoms. The number of benzene rings is 2. The molecule has 0 fully saturated rings. The molecule has 0 saturated carbocycles. The molecule has 2 aliphatic rings. The number of allylic oxidation sites excluding steroid dienone is 6. The van der Waals surface area contributed by atoms with Crippen LogP contribution in [0.25, 0.3) is 16.3 Å². The molecule has 0 saturated heterocycles. The van der Waals surface area contributed by atoms with E-state index < -0.39 is 0 Å². The first-order valence-corrected chi connectivity index (χ1v) is 6.50. The lowest BCUT2D eigenvalue weighted by Gasteiger charge is -2.21. The van der Waals surface area contributed by atoms with Crippen molar-refractivity contribution in [2.24, 2.45) is 0 Å². The number of fused-ring (bicyclic) bond motifs is 2. The second kappa shape index (κ2) is 3.79. The minimum absolute atomic E-state index is 0.152. The number of carbonyl (C=O) groups excluding carboxylic acids is 1. The fourth-order valence-corrected chi connectivity index (χ4v) is 2.98. The fourth-order valence-electron chi connectivity index (χ4n) is 2.98. The monoisotopic (exact) mass is 244 g/mol. The van der Waals surface area contributed by atoms with Gasteiger partial charge >= 0.3 is 0 Å². The van der Waals surface area contributed by atoms with E-state index in [4.69, 9.17) is 0 Å². The summed E-state index contributed by atoms with van der Waals surface area (Å²) in [5, 5.41) is 2.23. The molecule has 0 unspecified atom stereocenters. The minimum atomic E-state index is 0.152. The third kappa shape index (κ3) is 1.39. The second-order valence-electron chi connectivity index (χ2n) is 4.90. The Morgan fingerprint density at radius 2 is 1.68 bits per heavy atom. The number of hydrogen-bond donors (Lipinski definition) is 0. The van der Waals surface area contributed by atoms with Crippen LogP contribution in [0.2, 0.25) is 0 Å². The zero-order valence-corrected chi connectivity index (χ0v) is 10.4. The predicted octanol–water partition coefficient (Wildman–Crippen LogP) is 4.31. The maximum atomic E-state index is 12.7. The lowest BCUT2D eigenvalue weighted by molar-refractivity contribution is 0.103. The number of hydrogen-bond acceptors (Lipinski definition) is 1. The fraction of sp³-hybridized carbons (Fsp3) is 0.0556. The van der Waals surface area contributed by atoms with Gasteiger partial charge in [0.1, 0.15) is 0 Å². The van der Waals surface area contributed by atoms with Crippen LogP contribution in [0.15, 0.2) is 66.3 Å². The van der Waals surface area contributed by atoms with Crippen molar-refractivity contribution >= 4 is 22.1 Å². The average Bonchev–Trinajstić information content (AvgIpc) is 2.70. The van der Waals surface area contributed by atoms with Crippen LogP contribution in [-0.2, 0) is 0 Å². The summed E-state index contributed by atoms with van der Waals surface area (Å²) in [6.45, 7) is 0. The van der Waals surface area contributed by atoms with Crippen LogP contribution in [-0.4, -0.2) is 5.78 Å². The van der Waals surface area contributed by atoms with E-state index in [0.717, 1.165) is 33.9 Å². The Balaban J connectivity index is 2.19. The normalized spacial score (nSPS) is 16.7. The maximum absolute atomic E-state index is 12.7. The van der Waals surface area contributed by atoms with Crippen LogP contribution in [0.4, 0.5) is 0 Å². The summed E-state index contributed by atoms with van der Waals surface area (Å²) in [5.41, 5.74) is 3.91. The number of ketones is 1. The van der Waals surface area contributed by atoms with Gasteiger partial charge in [0.15, 0.2) is 5.78 Å². The van der Waals surface area contributed by atoms with E-state index in [1.54, 1.807) is 0 Å². The van der Waals surface area contributed by atoms with Crippen molar-refractivity contribution in [3.8, 4) is 0 Å². The Hall–Kier alpha value is -2.41. The summed E-state index contributed by atoms with van der Waals surface area (Å²) in [6, 6.07) is 12.2. The van der Waals surface area contributed by atoms with Crippen molar-refractivity contribution < 1.29 is 4.79 Å². The van der Waals surface area contributed by atoms with Gasteiger partial charge in [-0.2, -0.15) is 0 Å². The van der Waals surface area contributed by atoms with Crippen molar-refractivity contribution in [3.05, 3.63) is 77.4 Å². The van der Waals surface area contributed by atoms with E-state index in [2.05, 4.69) is 36.4 Å². The molecule has 4 rings (SSSR count). The van der Waals surface area contributed by atoms with Gasteiger partial charge in [-0.05, 0) is 22.9 Å². The molecule has 0 atom stereocenters. The van der Waals surface area contributed by atoms with Gasteiger partial charge in [-0.3, -0.25) is 4.79 Å². The first kappa shape index (κ1) is 10.5. The van der Waals surface area contributed by atoms with Gasteiger partial charge in [0.2, 0.25) is 0 Å². The van der Waals surface area contributed by atoms with E-state index in [1.165, 1.54) is 5.56 Å². The van der Waals surface area contributed by atoms with Gasteiger partial charge in [-0.1, -0.05) is 60.7 Å². The highest BCUT2D eigenvalue weighted by molar-refractivity contribution is 6.29. The molecular weight excluding hydrogens is 232 g/mol. The van der Waals surface area contributed by atoms with Gasteiger partial charge in [0.25, 0.3) is 0 Å². The number of carbonyl (C=O) groups is 1. The summed E-state index contributed by atoms with van der Waals surface area (Å²) in [4.78, 5) is 12.7. The molecule has 90 valence electrons. The molecule has 0 spiro atoms. The molecule has 0 N–H and O–H groups in total. The van der Waals surface area contributed by atoms with E-state index in [1.807, 2.05) is 24.3 Å². The van der Waals surface area contributed by atoms with E-state index in [9.17, 15) is 4.79 Å². The highest BCUT2D eigenvalue weighted by atomic mass is 16.1. The van der Waals surface area contributed by atoms with Crippen LogP contribution in [0.3, 0.4) is 0 Å². The third-order valence-corrected chi connectivity index (χ3v) is 3.83. The summed E-state index contributed by atoms with van der Waals surface area (Å²) < 4.78 is 0. The van der Waals surface area contributed by atoms with E-state index in [-0.39, 0.29) is 5.78 Å². The minimum Gasteiger partial charge on any atom is -0.289 e. The maximum Gasteiger partial charge on any atom is 0.193 e. The van der Waals surface area contributed by atoms with Gasteiger partial charge in [0.05, 0.1) is 0 Å². The van der Waals surface area contributed by atoms with Crippen LogP contribution in [0.1, 0.15) is 22.3 Å². The van der Waals surface area contributed by atoms with Crippen LogP contribution < -0.4 is 0 Å². The molecule has 1 nitrogen and oxygen atoms in total. The zero-order chi connectivity index (χ0) is 12.8. The smallest absolute Gasteiger partial charge is 0.193 e. The van der Waals surface area contributed by atoms with Crippen LogP contribution >= 0.6 is 0 Å². The first-order valence-electron chi connectivity index (χ1n) is 6.50. The summed E-state index contributed by atoms with van der Waals surface area (Å²) in [5.74, 6) is 0.152. The lowest BCUT2D eigenvalue weighted by Crippen LogP contribution is -2.12. The topological polar surface area (TPSA) is 17.1 Å². The average molecular weight is 244 g/mol. The van der Waals surface area contributed by atoms with Gasteiger partial charge < -0.3 is 0 Å². The second-order valence-corrected chi connectivity index (χ2v) is 4.90. The highest BCUT2D eigenvalue weighted by Crippen LogP contribution is 2.39. The number of Topliss-reactive ketones (excluding diaryl/α,β-unsaturated/α-hetero) is 1. The molecule has 0 radical (unpaired) electrons. The Kier molecular flexibility index (Phi) is 2.10. The summed E-state index contributed by atoms with van der Waals surface area (Å²) in [7, 11) is 0. The van der Waals surface area contributed by atoms with E-state index >= 15 is 0 Å². The largest absolute Gasteiger partial charge is 0.289 e. The molecule has 0 amide bonds. The van der Waals surface area contributed by atoms with Gasteiger partial charge in [0, 0.05) is 16.5 Å². The van der Waals surface area contributed by atoms with Crippen molar-refractivity contribution in [3.63, 3.8) is 0 Å². The van der Waals surface area contributed by atoms with Crippen molar-refractivity contribution in [2.45, 2.75) is 6.42 Å². The Morgan fingerprint density at radius 3 is 2.53 bits per heavy atom.